The van der Waals surface area contributed by atoms with Crippen molar-refractivity contribution in [1.82, 2.24) is 0 Å². The van der Waals surface area contributed by atoms with Crippen molar-refractivity contribution in [1.29, 1.82) is 0 Å². The van der Waals surface area contributed by atoms with Gasteiger partial charge in [-0.2, -0.15) is 5.72 Å². The summed E-state index contributed by atoms with van der Waals surface area (Å²) in [5, 5.41) is 0. The molecule has 2 heterocycles. The highest BCUT2D eigenvalue weighted by atomic mass is 14.3. The highest BCUT2D eigenvalue weighted by Gasteiger charge is 2.39. The lowest BCUT2D eigenvalue weighted by atomic mass is 9.16. The maximum Gasteiger partial charge on any atom is 0.177 e. The SMILES string of the molecule is CC(C)(C)CC(B1c2ccccc2-c2ccccc21)[B-]1c2ccccc2-c2ccccc21. The average Bonchev–Trinajstić information content (AvgIpc) is 3.30. The zero-order valence-corrected chi connectivity index (χ0v) is 19.2. The smallest absolute Gasteiger partial charge is 0.177 e. The Morgan fingerprint density at radius 2 is 1.00 bits per heavy atom. The van der Waals surface area contributed by atoms with Crippen LogP contribution >= 0.6 is 0 Å². The van der Waals surface area contributed by atoms with Gasteiger partial charge in [0.2, 0.25) is 0 Å². The molecule has 2 heteroatoms. The largest absolute Gasteiger partial charge is 0.232 e. The predicted octanol–water partition coefficient (Wildman–Crippen LogP) is 4.91. The van der Waals surface area contributed by atoms with E-state index in [9.17, 15) is 0 Å². The van der Waals surface area contributed by atoms with Gasteiger partial charge in [0.15, 0.2) is 6.71 Å². The van der Waals surface area contributed by atoms with E-state index in [1.807, 2.05) is 0 Å². The third-order valence-electron chi connectivity index (χ3n) is 7.47. The van der Waals surface area contributed by atoms with Gasteiger partial charge < -0.3 is 0 Å². The van der Waals surface area contributed by atoms with Crippen LogP contribution in [-0.4, -0.2) is 13.4 Å². The first-order chi connectivity index (χ1) is 15.5. The van der Waals surface area contributed by atoms with Gasteiger partial charge in [-0.3, -0.25) is 0 Å². The minimum atomic E-state index is 0.240. The summed E-state index contributed by atoms with van der Waals surface area (Å²) in [4.78, 5) is 0. The molecule has 6 rings (SSSR count). The second-order valence-corrected chi connectivity index (χ2v) is 10.7. The molecule has 0 atom stereocenters. The van der Waals surface area contributed by atoms with E-state index in [0.717, 1.165) is 0 Å². The van der Waals surface area contributed by atoms with Crippen LogP contribution in [0.4, 0.5) is 0 Å². The molecule has 0 aliphatic carbocycles. The van der Waals surface area contributed by atoms with Crippen molar-refractivity contribution in [3.05, 3.63) is 97.1 Å². The Morgan fingerprint density at radius 1 is 0.594 bits per heavy atom. The van der Waals surface area contributed by atoms with Gasteiger partial charge in [-0.15, -0.1) is 0 Å². The van der Waals surface area contributed by atoms with Crippen molar-refractivity contribution >= 4 is 35.3 Å². The van der Waals surface area contributed by atoms with Gasteiger partial charge in [-0.05, 0) is 16.5 Å². The first kappa shape index (κ1) is 19.7. The van der Waals surface area contributed by atoms with E-state index in [0.29, 0.717) is 19.1 Å². The molecule has 0 fully saturated rings. The molecule has 1 radical (unpaired) electrons. The van der Waals surface area contributed by atoms with Crippen LogP contribution in [0.1, 0.15) is 27.2 Å². The van der Waals surface area contributed by atoms with Crippen LogP contribution < -0.4 is 21.9 Å². The van der Waals surface area contributed by atoms with Crippen molar-refractivity contribution in [2.24, 2.45) is 5.41 Å². The lowest BCUT2D eigenvalue weighted by Gasteiger charge is -2.43. The maximum absolute atomic E-state index is 2.40. The summed E-state index contributed by atoms with van der Waals surface area (Å²) in [6, 6.07) is 36.4. The Morgan fingerprint density at radius 3 is 1.47 bits per heavy atom. The number of hydrogen-bond donors (Lipinski definition) is 0. The summed E-state index contributed by atoms with van der Waals surface area (Å²) in [7, 11) is 0. The number of hydrogen-bond acceptors (Lipinski definition) is 0. The van der Waals surface area contributed by atoms with Crippen LogP contribution in [0.5, 0.6) is 0 Å². The van der Waals surface area contributed by atoms with Gasteiger partial charge in [0.25, 0.3) is 0 Å². The van der Waals surface area contributed by atoms with E-state index in [-0.39, 0.29) is 5.41 Å². The van der Waals surface area contributed by atoms with Crippen molar-refractivity contribution in [2.75, 3.05) is 0 Å². The maximum atomic E-state index is 2.40. The molecule has 32 heavy (non-hydrogen) atoms. The van der Waals surface area contributed by atoms with E-state index >= 15 is 0 Å². The zero-order valence-electron chi connectivity index (χ0n) is 19.2. The van der Waals surface area contributed by atoms with Crippen molar-refractivity contribution in [3.8, 4) is 22.3 Å². The Hall–Kier alpha value is -2.99. The first-order valence-electron chi connectivity index (χ1n) is 11.9. The van der Waals surface area contributed by atoms with Gasteiger partial charge in [-0.1, -0.05) is 153 Å². The minimum absolute atomic E-state index is 0.240. The molecule has 0 amide bonds. The Labute approximate surface area is 192 Å². The molecular formula is C30H28B2-. The average molecular weight is 410 g/mol. The molecule has 0 unspecified atom stereocenters. The summed E-state index contributed by atoms with van der Waals surface area (Å²) in [5.74, 6) is 0. The standard InChI is InChI=1S/C30H28B2/c1-30(2,3)20-29(31-25-16-8-4-12-21(25)22-13-5-9-17-26(22)31)32-27-18-10-6-14-23(27)24-15-7-11-19-28(24)32/h4-19,29H,20H2,1-3H3/q-1. The van der Waals surface area contributed by atoms with E-state index < -0.39 is 0 Å². The molecule has 0 saturated heterocycles. The lowest BCUT2D eigenvalue weighted by molar-refractivity contribution is 0.387. The van der Waals surface area contributed by atoms with Crippen molar-refractivity contribution in [2.45, 2.75) is 32.9 Å². The fourth-order valence-electron chi connectivity index (χ4n) is 6.45. The first-order valence-corrected chi connectivity index (χ1v) is 11.9. The molecule has 0 bridgehead atoms. The fourth-order valence-corrected chi connectivity index (χ4v) is 6.45. The van der Waals surface area contributed by atoms with Gasteiger partial charge in [-0.25, -0.2) is 10.9 Å². The summed E-state index contributed by atoms with van der Waals surface area (Å²) >= 11 is 0. The zero-order chi connectivity index (χ0) is 21.9. The summed E-state index contributed by atoms with van der Waals surface area (Å²) < 4.78 is 0. The van der Waals surface area contributed by atoms with E-state index in [4.69, 9.17) is 0 Å². The lowest BCUT2D eigenvalue weighted by Crippen LogP contribution is -2.55. The second-order valence-electron chi connectivity index (χ2n) is 10.7. The van der Waals surface area contributed by atoms with Crippen LogP contribution in [0.15, 0.2) is 97.1 Å². The van der Waals surface area contributed by atoms with Crippen LogP contribution in [0.3, 0.4) is 0 Å². The second kappa shape index (κ2) is 7.27. The highest BCUT2D eigenvalue weighted by Crippen LogP contribution is 2.39. The molecular weight excluding hydrogens is 382 g/mol. The summed E-state index contributed by atoms with van der Waals surface area (Å²) in [6.07, 6.45) is 1.17. The fraction of sp³-hybridized carbons (Fsp3) is 0.200. The third-order valence-corrected chi connectivity index (χ3v) is 7.47. The van der Waals surface area contributed by atoms with Crippen LogP contribution in [0, 0.1) is 5.41 Å². The monoisotopic (exact) mass is 410 g/mol. The van der Waals surface area contributed by atoms with Crippen LogP contribution in [0.25, 0.3) is 22.3 Å². The molecule has 155 valence electrons. The van der Waals surface area contributed by atoms with Crippen LogP contribution in [0.2, 0.25) is 5.72 Å². The summed E-state index contributed by atoms with van der Waals surface area (Å²) in [5.41, 5.74) is 12.4. The molecule has 2 aliphatic heterocycles. The quantitative estimate of drug-likeness (QED) is 0.421. The number of benzene rings is 4. The Balaban J connectivity index is 1.60. The van der Waals surface area contributed by atoms with Gasteiger partial charge >= 0.3 is 0 Å². The van der Waals surface area contributed by atoms with Gasteiger partial charge in [0.1, 0.15) is 0 Å². The van der Waals surface area contributed by atoms with Crippen molar-refractivity contribution < 1.29 is 0 Å². The topological polar surface area (TPSA) is 0 Å². The predicted molar refractivity (Wildman–Crippen MR) is 142 cm³/mol. The molecule has 0 saturated carbocycles. The van der Waals surface area contributed by atoms with E-state index in [1.165, 1.54) is 50.5 Å². The normalized spacial score (nSPS) is 15.2. The highest BCUT2D eigenvalue weighted by molar-refractivity contribution is 7.06. The third kappa shape index (κ3) is 3.00. The van der Waals surface area contributed by atoms with Crippen molar-refractivity contribution in [3.63, 3.8) is 0 Å². The molecule has 4 aromatic carbocycles. The molecule has 2 aliphatic rings. The Kier molecular flexibility index (Phi) is 4.47. The van der Waals surface area contributed by atoms with Crippen LogP contribution in [-0.2, 0) is 0 Å². The molecule has 0 nitrogen and oxygen atoms in total. The Bertz CT molecular complexity index is 1130. The minimum Gasteiger partial charge on any atom is -0.232 e. The molecule has 0 aromatic heterocycles. The summed E-state index contributed by atoms with van der Waals surface area (Å²) in [6.45, 7) is 8.02. The molecule has 0 N–H and O–H groups in total. The van der Waals surface area contributed by atoms with E-state index in [2.05, 4.69) is 118 Å². The van der Waals surface area contributed by atoms with E-state index in [1.54, 1.807) is 0 Å². The molecule has 0 spiro atoms. The molecule has 4 aromatic rings. The van der Waals surface area contributed by atoms with Gasteiger partial charge in [0.05, 0.1) is 0 Å². The van der Waals surface area contributed by atoms with Gasteiger partial charge in [0, 0.05) is 0 Å². The number of fused-ring (bicyclic) bond motifs is 6. The number of rotatable bonds is 3.